The highest BCUT2D eigenvalue weighted by Gasteiger charge is 2.32. The summed E-state index contributed by atoms with van der Waals surface area (Å²) in [4.78, 5) is 11.5. The number of nitrogens with zero attached hydrogens (tertiary/aromatic N) is 1. The molecule has 0 aliphatic heterocycles. The molecule has 0 spiro atoms. The van der Waals surface area contributed by atoms with E-state index in [0.29, 0.717) is 22.3 Å². The monoisotopic (exact) mass is 430 g/mol. The van der Waals surface area contributed by atoms with E-state index in [1.807, 2.05) is 19.9 Å². The Hall–Kier alpha value is -2.40. The molecule has 1 unspecified atom stereocenters. The molecule has 0 radical (unpaired) electrons. The summed E-state index contributed by atoms with van der Waals surface area (Å²) in [5.41, 5.74) is 4.10. The lowest BCUT2D eigenvalue weighted by molar-refractivity contribution is -0.137. The van der Waals surface area contributed by atoms with Crippen molar-refractivity contribution in [3.63, 3.8) is 0 Å². The molecular formula is C23H27FN2O3S. The van der Waals surface area contributed by atoms with E-state index in [1.165, 1.54) is 0 Å². The molecule has 0 aliphatic rings. The molecule has 0 heterocycles. The van der Waals surface area contributed by atoms with Crippen molar-refractivity contribution in [3.05, 3.63) is 57.9 Å². The van der Waals surface area contributed by atoms with Gasteiger partial charge in [-0.05, 0) is 82.0 Å². The molecule has 0 aromatic heterocycles. The van der Waals surface area contributed by atoms with E-state index in [-0.39, 0.29) is 5.56 Å². The van der Waals surface area contributed by atoms with Crippen molar-refractivity contribution in [2.45, 2.75) is 58.8 Å². The van der Waals surface area contributed by atoms with Crippen LogP contribution in [0.4, 0.5) is 4.39 Å². The average Bonchev–Trinajstić information content (AvgIpc) is 2.64. The predicted molar refractivity (Wildman–Crippen MR) is 117 cm³/mol. The molecule has 2 N–H and O–H groups in total. The SMILES string of the molecule is Cc1ccc(C#N)c(-c2cc(C)c(F)c(C(CC(=O)O)N[S@+]([O-])C(C)(C)C)c2)c1C. The van der Waals surface area contributed by atoms with Gasteiger partial charge in [-0.3, -0.25) is 4.79 Å². The van der Waals surface area contributed by atoms with Crippen molar-refractivity contribution in [1.82, 2.24) is 4.72 Å². The molecular weight excluding hydrogens is 403 g/mol. The van der Waals surface area contributed by atoms with Crippen LogP contribution < -0.4 is 4.72 Å². The molecule has 160 valence electrons. The van der Waals surface area contributed by atoms with Gasteiger partial charge in [0.1, 0.15) is 10.6 Å². The fraction of sp³-hybridized carbons (Fsp3) is 0.391. The molecule has 5 nitrogen and oxygen atoms in total. The van der Waals surface area contributed by atoms with E-state index >= 15 is 4.39 Å². The predicted octanol–water partition coefficient (Wildman–Crippen LogP) is 4.86. The normalized spacial score (nSPS) is 13.6. The lowest BCUT2D eigenvalue weighted by Crippen LogP contribution is -2.42. The fourth-order valence-corrected chi connectivity index (χ4v) is 3.99. The first-order valence-electron chi connectivity index (χ1n) is 9.57. The summed E-state index contributed by atoms with van der Waals surface area (Å²) < 4.78 is 29.9. The third-order valence-electron chi connectivity index (χ3n) is 4.99. The van der Waals surface area contributed by atoms with Crippen molar-refractivity contribution in [2.75, 3.05) is 0 Å². The summed E-state index contributed by atoms with van der Waals surface area (Å²) in [5, 5.41) is 18.9. The Morgan fingerprint density at radius 1 is 1.27 bits per heavy atom. The summed E-state index contributed by atoms with van der Waals surface area (Å²) >= 11 is -1.60. The second-order valence-corrected chi connectivity index (χ2v) is 10.4. The van der Waals surface area contributed by atoms with E-state index < -0.39 is 40.4 Å². The third kappa shape index (κ3) is 5.20. The number of carbonyl (C=O) groups is 1. The van der Waals surface area contributed by atoms with E-state index in [9.17, 15) is 19.7 Å². The van der Waals surface area contributed by atoms with Crippen molar-refractivity contribution in [1.29, 1.82) is 5.26 Å². The van der Waals surface area contributed by atoms with Gasteiger partial charge >= 0.3 is 5.97 Å². The highest BCUT2D eigenvalue weighted by atomic mass is 32.2. The molecule has 0 aliphatic carbocycles. The van der Waals surface area contributed by atoms with Gasteiger partial charge in [0.25, 0.3) is 0 Å². The Balaban J connectivity index is 2.69. The van der Waals surface area contributed by atoms with Crippen molar-refractivity contribution in [3.8, 4) is 17.2 Å². The molecule has 0 saturated carbocycles. The number of halogens is 1. The fourth-order valence-electron chi connectivity index (χ4n) is 3.17. The molecule has 0 bridgehead atoms. The van der Waals surface area contributed by atoms with E-state index in [4.69, 9.17) is 0 Å². The largest absolute Gasteiger partial charge is 0.598 e. The zero-order valence-corrected chi connectivity index (χ0v) is 18.9. The Kier molecular flexibility index (Phi) is 7.30. The second kappa shape index (κ2) is 9.17. The number of nitrogens with one attached hydrogen (secondary N) is 1. The first kappa shape index (κ1) is 23.9. The van der Waals surface area contributed by atoms with Crippen molar-refractivity contribution >= 4 is 17.3 Å². The van der Waals surface area contributed by atoms with E-state index in [2.05, 4.69) is 10.8 Å². The molecule has 2 aromatic carbocycles. The van der Waals surface area contributed by atoms with Crippen LogP contribution in [0.2, 0.25) is 0 Å². The molecule has 0 saturated heterocycles. The highest BCUT2D eigenvalue weighted by Crippen LogP contribution is 2.35. The Labute approximate surface area is 180 Å². The zero-order chi connectivity index (χ0) is 22.8. The molecule has 30 heavy (non-hydrogen) atoms. The third-order valence-corrected chi connectivity index (χ3v) is 6.60. The van der Waals surface area contributed by atoms with Gasteiger partial charge in [-0.1, -0.05) is 6.07 Å². The van der Waals surface area contributed by atoms with Gasteiger partial charge in [0, 0.05) is 22.5 Å². The minimum absolute atomic E-state index is 0.120. The van der Waals surface area contributed by atoms with Gasteiger partial charge in [-0.25, -0.2) is 4.39 Å². The molecule has 2 rings (SSSR count). The van der Waals surface area contributed by atoms with Gasteiger partial charge < -0.3 is 9.66 Å². The van der Waals surface area contributed by atoms with Gasteiger partial charge in [0.2, 0.25) is 0 Å². The average molecular weight is 431 g/mol. The number of hydrogen-bond acceptors (Lipinski definition) is 4. The number of aliphatic carboxylic acids is 1. The number of hydrogen-bond donors (Lipinski definition) is 2. The van der Waals surface area contributed by atoms with Crippen molar-refractivity contribution in [2.24, 2.45) is 0 Å². The molecule has 0 amide bonds. The minimum Gasteiger partial charge on any atom is -0.598 e. The molecule has 0 fully saturated rings. The maximum Gasteiger partial charge on any atom is 0.305 e. The number of rotatable bonds is 6. The van der Waals surface area contributed by atoms with Gasteiger partial charge in [0.15, 0.2) is 0 Å². The summed E-state index contributed by atoms with van der Waals surface area (Å²) in [6, 6.07) is 7.98. The minimum atomic E-state index is -1.60. The number of carboxylic acids is 1. The van der Waals surface area contributed by atoms with Crippen LogP contribution in [0.15, 0.2) is 24.3 Å². The number of carboxylic acid groups (broad SMARTS) is 1. The van der Waals surface area contributed by atoms with E-state index in [0.717, 1.165) is 11.1 Å². The Bertz CT molecular complexity index is 1010. The topological polar surface area (TPSA) is 96.2 Å². The summed E-state index contributed by atoms with van der Waals surface area (Å²) in [6.07, 6.45) is -0.431. The van der Waals surface area contributed by atoms with Crippen LogP contribution in [0.25, 0.3) is 11.1 Å². The van der Waals surface area contributed by atoms with Crippen LogP contribution in [-0.2, 0) is 16.2 Å². The number of nitriles is 1. The lowest BCUT2D eigenvalue weighted by Gasteiger charge is -2.28. The molecule has 2 aromatic rings. The van der Waals surface area contributed by atoms with Crippen LogP contribution in [0.3, 0.4) is 0 Å². The van der Waals surface area contributed by atoms with Crippen LogP contribution >= 0.6 is 0 Å². The first-order valence-corrected chi connectivity index (χ1v) is 10.7. The maximum absolute atomic E-state index is 15.1. The van der Waals surface area contributed by atoms with Gasteiger partial charge in [-0.15, -0.1) is 4.72 Å². The Morgan fingerprint density at radius 2 is 1.90 bits per heavy atom. The van der Waals surface area contributed by atoms with E-state index in [1.54, 1.807) is 45.9 Å². The molecule has 7 heteroatoms. The van der Waals surface area contributed by atoms with Crippen molar-refractivity contribution < 1.29 is 18.8 Å². The summed E-state index contributed by atoms with van der Waals surface area (Å²) in [6.45, 7) is 10.7. The quantitative estimate of drug-likeness (QED) is 0.638. The maximum atomic E-state index is 15.1. The van der Waals surface area contributed by atoms with Crippen LogP contribution in [0.1, 0.15) is 61.1 Å². The lowest BCUT2D eigenvalue weighted by atomic mass is 9.89. The van der Waals surface area contributed by atoms with Gasteiger partial charge in [0.05, 0.1) is 24.1 Å². The molecule has 2 atom stereocenters. The smallest absolute Gasteiger partial charge is 0.305 e. The number of aryl methyl sites for hydroxylation is 2. The van der Waals surface area contributed by atoms with Crippen LogP contribution in [0.5, 0.6) is 0 Å². The summed E-state index contributed by atoms with van der Waals surface area (Å²) in [7, 11) is 0. The van der Waals surface area contributed by atoms with Crippen LogP contribution in [0, 0.1) is 37.9 Å². The second-order valence-electron chi connectivity index (χ2n) is 8.39. The standard InChI is InChI=1S/C23H27FN2O3S/c1-13-7-8-16(12-25)21(15(13)3)17-9-14(2)22(24)18(10-17)19(11-20(27)28)26-30(29)23(4,5)6/h7-10,19,26H,11H2,1-6H3,(H,27,28)/t19?,30-/m1/s1. The van der Waals surface area contributed by atoms with Gasteiger partial charge in [-0.2, -0.15) is 5.26 Å². The zero-order valence-electron chi connectivity index (χ0n) is 18.1. The summed E-state index contributed by atoms with van der Waals surface area (Å²) in [5.74, 6) is -1.68. The van der Waals surface area contributed by atoms with Crippen LogP contribution in [-0.4, -0.2) is 20.4 Å². The number of benzene rings is 2. The first-order chi connectivity index (χ1) is 13.9. The Morgan fingerprint density at radius 3 is 2.43 bits per heavy atom. The highest BCUT2D eigenvalue weighted by molar-refractivity contribution is 7.90.